The summed E-state index contributed by atoms with van der Waals surface area (Å²) in [7, 11) is 0. The second-order valence-corrected chi connectivity index (χ2v) is 6.03. The molecule has 0 fully saturated rings. The fourth-order valence-electron chi connectivity index (χ4n) is 1.48. The molecule has 19 heavy (non-hydrogen) atoms. The highest BCUT2D eigenvalue weighted by Crippen LogP contribution is 2.25. The number of rotatable bonds is 4. The Balaban J connectivity index is 1.91. The van der Waals surface area contributed by atoms with Gasteiger partial charge in [0.2, 0.25) is 5.91 Å². The molecule has 1 aromatic carbocycles. The van der Waals surface area contributed by atoms with Crippen LogP contribution in [0.3, 0.4) is 0 Å². The molecular formula is C13H15N3OS2. The van der Waals surface area contributed by atoms with Crippen LogP contribution < -0.4 is 11.1 Å². The van der Waals surface area contributed by atoms with E-state index in [1.165, 1.54) is 23.1 Å². The first-order valence-corrected chi connectivity index (χ1v) is 7.62. The Morgan fingerprint density at radius 3 is 2.95 bits per heavy atom. The monoisotopic (exact) mass is 293 g/mol. The van der Waals surface area contributed by atoms with Gasteiger partial charge in [0, 0.05) is 16.0 Å². The number of nitrogens with one attached hydrogen (secondary N) is 1. The van der Waals surface area contributed by atoms with Crippen LogP contribution in [-0.4, -0.2) is 16.6 Å². The van der Waals surface area contributed by atoms with E-state index >= 15 is 0 Å². The molecule has 0 saturated heterocycles. The normalized spacial score (nSPS) is 10.4. The number of nitrogens with two attached hydrogens (primary N) is 1. The molecule has 0 bridgehead atoms. The van der Waals surface area contributed by atoms with Crippen LogP contribution in [0.1, 0.15) is 11.3 Å². The van der Waals surface area contributed by atoms with Crippen LogP contribution in [0.2, 0.25) is 0 Å². The molecule has 1 aromatic heterocycles. The van der Waals surface area contributed by atoms with Crippen molar-refractivity contribution in [3.8, 4) is 0 Å². The predicted molar refractivity (Wildman–Crippen MR) is 81.8 cm³/mol. The lowest BCUT2D eigenvalue weighted by Gasteiger charge is -2.06. The zero-order valence-corrected chi connectivity index (χ0v) is 12.4. The molecule has 0 aliphatic rings. The van der Waals surface area contributed by atoms with Gasteiger partial charge in [0.15, 0.2) is 5.13 Å². The maximum absolute atomic E-state index is 11.8. The third-order valence-corrected chi connectivity index (χ3v) is 4.47. The van der Waals surface area contributed by atoms with Crippen LogP contribution in [0.4, 0.5) is 10.8 Å². The number of nitrogen functional groups attached to an aromatic ring is 1. The van der Waals surface area contributed by atoms with E-state index in [2.05, 4.69) is 10.3 Å². The molecule has 0 saturated carbocycles. The Kier molecular flexibility index (Phi) is 4.44. The van der Waals surface area contributed by atoms with Gasteiger partial charge >= 0.3 is 0 Å². The Morgan fingerprint density at radius 1 is 1.47 bits per heavy atom. The highest BCUT2D eigenvalue weighted by Gasteiger charge is 2.07. The molecule has 4 nitrogen and oxygen atoms in total. The first kappa shape index (κ1) is 13.9. The van der Waals surface area contributed by atoms with Gasteiger partial charge < -0.3 is 11.1 Å². The lowest BCUT2D eigenvalue weighted by molar-refractivity contribution is -0.113. The van der Waals surface area contributed by atoms with Crippen LogP contribution in [-0.2, 0) is 4.79 Å². The van der Waals surface area contributed by atoms with Gasteiger partial charge in [-0.2, -0.15) is 0 Å². The minimum Gasteiger partial charge on any atom is -0.399 e. The van der Waals surface area contributed by atoms with Gasteiger partial charge in [-0.15, -0.1) is 23.1 Å². The largest absolute Gasteiger partial charge is 0.399 e. The van der Waals surface area contributed by atoms with E-state index in [9.17, 15) is 4.79 Å². The second-order valence-electron chi connectivity index (χ2n) is 4.16. The molecule has 2 aromatic rings. The van der Waals surface area contributed by atoms with E-state index in [0.29, 0.717) is 16.6 Å². The first-order chi connectivity index (χ1) is 9.04. The van der Waals surface area contributed by atoms with E-state index < -0.39 is 0 Å². The van der Waals surface area contributed by atoms with Gasteiger partial charge in [-0.3, -0.25) is 4.79 Å². The molecule has 1 heterocycles. The fourth-order valence-corrected chi connectivity index (χ4v) is 3.06. The van der Waals surface area contributed by atoms with Crippen molar-refractivity contribution in [1.29, 1.82) is 0 Å². The average molecular weight is 293 g/mol. The van der Waals surface area contributed by atoms with Crippen molar-refractivity contribution in [3.05, 3.63) is 34.8 Å². The summed E-state index contributed by atoms with van der Waals surface area (Å²) in [6.07, 6.45) is 0. The van der Waals surface area contributed by atoms with Crippen LogP contribution in [0.5, 0.6) is 0 Å². The molecule has 6 heteroatoms. The number of amides is 1. The molecule has 0 atom stereocenters. The minimum absolute atomic E-state index is 0.0545. The summed E-state index contributed by atoms with van der Waals surface area (Å²) < 4.78 is 0. The second kappa shape index (κ2) is 6.08. The summed E-state index contributed by atoms with van der Waals surface area (Å²) in [5.41, 5.74) is 8.49. The fraction of sp³-hybridized carbons (Fsp3) is 0.231. The van der Waals surface area contributed by atoms with Crippen LogP contribution in [0.15, 0.2) is 28.5 Å². The van der Waals surface area contributed by atoms with Crippen molar-refractivity contribution in [2.75, 3.05) is 16.8 Å². The highest BCUT2D eigenvalue weighted by molar-refractivity contribution is 8.00. The number of benzene rings is 1. The molecule has 0 radical (unpaired) electrons. The Hall–Kier alpha value is -1.53. The lowest BCUT2D eigenvalue weighted by atomic mass is 10.2. The van der Waals surface area contributed by atoms with E-state index in [4.69, 9.17) is 5.73 Å². The standard InChI is InChI=1S/C13H15N3OS2/c1-8-3-4-10(14)5-11(8)18-7-12(17)16-13-15-9(2)6-19-13/h3-6H,7,14H2,1-2H3,(H,15,16,17). The van der Waals surface area contributed by atoms with Crippen molar-refractivity contribution in [3.63, 3.8) is 0 Å². The number of thioether (sulfide) groups is 1. The van der Waals surface area contributed by atoms with Gasteiger partial charge in [-0.1, -0.05) is 6.07 Å². The number of thiazole rings is 1. The number of aryl methyl sites for hydroxylation is 2. The van der Waals surface area contributed by atoms with Gasteiger partial charge in [0.1, 0.15) is 0 Å². The molecule has 0 aliphatic carbocycles. The molecule has 3 N–H and O–H groups in total. The van der Waals surface area contributed by atoms with Crippen molar-refractivity contribution in [2.45, 2.75) is 18.7 Å². The summed E-state index contributed by atoms with van der Waals surface area (Å²) in [5, 5.41) is 5.34. The summed E-state index contributed by atoms with van der Waals surface area (Å²) in [6.45, 7) is 3.90. The van der Waals surface area contributed by atoms with E-state index in [-0.39, 0.29) is 5.91 Å². The van der Waals surface area contributed by atoms with E-state index in [0.717, 1.165) is 16.2 Å². The summed E-state index contributed by atoms with van der Waals surface area (Å²) in [4.78, 5) is 17.0. The van der Waals surface area contributed by atoms with Gasteiger partial charge in [0.25, 0.3) is 0 Å². The molecule has 2 rings (SSSR count). The Morgan fingerprint density at radius 2 is 2.26 bits per heavy atom. The van der Waals surface area contributed by atoms with Crippen molar-refractivity contribution >= 4 is 39.8 Å². The topological polar surface area (TPSA) is 68.0 Å². The van der Waals surface area contributed by atoms with E-state index in [1.54, 1.807) is 0 Å². The number of hydrogen-bond acceptors (Lipinski definition) is 5. The van der Waals surface area contributed by atoms with Gasteiger partial charge in [-0.05, 0) is 31.5 Å². The number of carbonyl (C=O) groups is 1. The summed E-state index contributed by atoms with van der Waals surface area (Å²) >= 11 is 2.91. The number of nitrogens with zero attached hydrogens (tertiary/aromatic N) is 1. The predicted octanol–water partition coefficient (Wildman–Crippen LogP) is 3.07. The summed E-state index contributed by atoms with van der Waals surface area (Å²) in [6, 6.07) is 5.71. The highest BCUT2D eigenvalue weighted by atomic mass is 32.2. The lowest BCUT2D eigenvalue weighted by Crippen LogP contribution is -2.13. The van der Waals surface area contributed by atoms with Crippen LogP contribution in [0, 0.1) is 13.8 Å². The maximum Gasteiger partial charge on any atom is 0.236 e. The molecule has 0 spiro atoms. The quantitative estimate of drug-likeness (QED) is 0.671. The zero-order chi connectivity index (χ0) is 13.8. The molecule has 1 amide bonds. The zero-order valence-electron chi connectivity index (χ0n) is 10.8. The molecular weight excluding hydrogens is 278 g/mol. The summed E-state index contributed by atoms with van der Waals surface area (Å²) in [5.74, 6) is 0.296. The van der Waals surface area contributed by atoms with Crippen LogP contribution >= 0.6 is 23.1 Å². The first-order valence-electron chi connectivity index (χ1n) is 5.75. The Labute approximate surface area is 120 Å². The molecule has 0 unspecified atom stereocenters. The minimum atomic E-state index is -0.0545. The van der Waals surface area contributed by atoms with Gasteiger partial charge in [-0.25, -0.2) is 4.98 Å². The van der Waals surface area contributed by atoms with Crippen LogP contribution in [0.25, 0.3) is 0 Å². The third-order valence-electron chi connectivity index (χ3n) is 2.44. The molecule has 100 valence electrons. The SMILES string of the molecule is Cc1csc(NC(=O)CSc2cc(N)ccc2C)n1. The average Bonchev–Trinajstić information content (AvgIpc) is 2.76. The third kappa shape index (κ3) is 3.97. The number of carbonyl (C=O) groups excluding carboxylic acids is 1. The van der Waals surface area contributed by atoms with Crippen molar-refractivity contribution < 1.29 is 4.79 Å². The maximum atomic E-state index is 11.8. The smallest absolute Gasteiger partial charge is 0.236 e. The van der Waals surface area contributed by atoms with Crippen molar-refractivity contribution in [1.82, 2.24) is 4.98 Å². The number of hydrogen-bond donors (Lipinski definition) is 2. The van der Waals surface area contributed by atoms with Gasteiger partial charge in [0.05, 0.1) is 11.4 Å². The number of anilines is 2. The van der Waals surface area contributed by atoms with Crippen molar-refractivity contribution in [2.24, 2.45) is 0 Å². The Bertz CT molecular complexity index is 595. The van der Waals surface area contributed by atoms with E-state index in [1.807, 2.05) is 37.4 Å². The number of aromatic nitrogens is 1. The molecule has 0 aliphatic heterocycles.